The number of para-hydroxylation sites is 2. The summed E-state index contributed by atoms with van der Waals surface area (Å²) in [7, 11) is 0. The Kier molecular flexibility index (Phi) is 8.74. The maximum Gasteiger partial charge on any atom is 0.228 e. The van der Waals surface area contributed by atoms with Crippen molar-refractivity contribution in [3.63, 3.8) is 0 Å². The van der Waals surface area contributed by atoms with E-state index in [9.17, 15) is 4.79 Å². The van der Waals surface area contributed by atoms with Crippen LogP contribution in [0.3, 0.4) is 0 Å². The van der Waals surface area contributed by atoms with Gasteiger partial charge in [0.1, 0.15) is 0 Å². The number of nitrogens with zero attached hydrogens (tertiary/aromatic N) is 1. The summed E-state index contributed by atoms with van der Waals surface area (Å²) in [5, 5.41) is 6.47. The summed E-state index contributed by atoms with van der Waals surface area (Å²) in [4.78, 5) is 14.8. The zero-order valence-electron chi connectivity index (χ0n) is 13.4. The van der Waals surface area contributed by atoms with Crippen LogP contribution in [0.2, 0.25) is 0 Å². The van der Waals surface area contributed by atoms with Gasteiger partial charge in [-0.1, -0.05) is 12.1 Å². The highest BCUT2D eigenvalue weighted by Crippen LogP contribution is 2.29. The van der Waals surface area contributed by atoms with Crippen LogP contribution in [0.4, 0.5) is 11.4 Å². The summed E-state index contributed by atoms with van der Waals surface area (Å²) in [6.45, 7) is 4.03. The second kappa shape index (κ2) is 10.0. The molecule has 0 radical (unpaired) electrons. The Balaban J connectivity index is 0.00000132. The lowest BCUT2D eigenvalue weighted by Gasteiger charge is -2.31. The monoisotopic (exact) mass is 359 g/mol. The molecule has 1 unspecified atom stereocenters. The molecule has 4 nitrogen and oxygen atoms in total. The Labute approximate surface area is 151 Å². The SMILES string of the molecule is Cl.Cl.O=C(Nc1ccccc1N1CCCCC1)C1CCCNC1. The van der Waals surface area contributed by atoms with Gasteiger partial charge in [-0.25, -0.2) is 0 Å². The molecule has 2 saturated heterocycles. The Hall–Kier alpha value is -0.970. The highest BCUT2D eigenvalue weighted by Gasteiger charge is 2.22. The molecule has 2 heterocycles. The highest BCUT2D eigenvalue weighted by atomic mass is 35.5. The van der Waals surface area contributed by atoms with Crippen molar-refractivity contribution in [1.82, 2.24) is 5.32 Å². The quantitative estimate of drug-likeness (QED) is 0.868. The summed E-state index contributed by atoms with van der Waals surface area (Å²) in [5.41, 5.74) is 2.14. The van der Waals surface area contributed by atoms with Gasteiger partial charge in [-0.05, 0) is 50.8 Å². The molecule has 2 fully saturated rings. The average Bonchev–Trinajstić information content (AvgIpc) is 2.57. The minimum absolute atomic E-state index is 0. The van der Waals surface area contributed by atoms with Crippen molar-refractivity contribution in [1.29, 1.82) is 0 Å². The van der Waals surface area contributed by atoms with Crippen LogP contribution in [0.1, 0.15) is 32.1 Å². The number of piperidine rings is 2. The summed E-state index contributed by atoms with van der Waals surface area (Å²) in [6.07, 6.45) is 5.89. The van der Waals surface area contributed by atoms with Gasteiger partial charge in [0.2, 0.25) is 5.91 Å². The number of anilines is 2. The van der Waals surface area contributed by atoms with Gasteiger partial charge in [0, 0.05) is 19.6 Å². The maximum atomic E-state index is 12.4. The van der Waals surface area contributed by atoms with Crippen LogP contribution < -0.4 is 15.5 Å². The minimum Gasteiger partial charge on any atom is -0.370 e. The molecule has 1 aromatic carbocycles. The van der Waals surface area contributed by atoms with Gasteiger partial charge in [0.05, 0.1) is 17.3 Å². The molecular formula is C17H27Cl2N3O. The third-order valence-electron chi connectivity index (χ3n) is 4.53. The molecule has 6 heteroatoms. The predicted octanol–water partition coefficient (Wildman–Crippen LogP) is 3.46. The molecule has 1 aromatic rings. The zero-order chi connectivity index (χ0) is 14.5. The molecule has 2 N–H and O–H groups in total. The van der Waals surface area contributed by atoms with Crippen LogP contribution in [-0.4, -0.2) is 32.1 Å². The molecule has 2 aliphatic rings. The fourth-order valence-electron chi connectivity index (χ4n) is 3.30. The van der Waals surface area contributed by atoms with E-state index in [4.69, 9.17) is 0 Å². The molecule has 1 atom stereocenters. The van der Waals surface area contributed by atoms with E-state index < -0.39 is 0 Å². The van der Waals surface area contributed by atoms with E-state index in [1.54, 1.807) is 0 Å². The van der Waals surface area contributed by atoms with Crippen LogP contribution in [0.5, 0.6) is 0 Å². The molecule has 2 aliphatic heterocycles. The van der Waals surface area contributed by atoms with Crippen LogP contribution in [0.15, 0.2) is 24.3 Å². The van der Waals surface area contributed by atoms with Crippen LogP contribution in [0.25, 0.3) is 0 Å². The molecule has 0 aromatic heterocycles. The van der Waals surface area contributed by atoms with E-state index in [0.717, 1.165) is 44.7 Å². The predicted molar refractivity (Wildman–Crippen MR) is 101 cm³/mol. The first-order chi connectivity index (χ1) is 10.3. The van der Waals surface area contributed by atoms with Gasteiger partial charge < -0.3 is 15.5 Å². The van der Waals surface area contributed by atoms with Crippen molar-refractivity contribution in [2.45, 2.75) is 32.1 Å². The Morgan fingerprint density at radius 3 is 2.52 bits per heavy atom. The number of nitrogens with one attached hydrogen (secondary N) is 2. The van der Waals surface area contributed by atoms with Crippen molar-refractivity contribution in [3.05, 3.63) is 24.3 Å². The zero-order valence-corrected chi connectivity index (χ0v) is 15.1. The molecular weight excluding hydrogens is 333 g/mol. The fraction of sp³-hybridized carbons (Fsp3) is 0.588. The molecule has 3 rings (SSSR count). The van der Waals surface area contributed by atoms with E-state index in [-0.39, 0.29) is 36.6 Å². The molecule has 0 aliphatic carbocycles. The first-order valence-corrected chi connectivity index (χ1v) is 8.20. The van der Waals surface area contributed by atoms with Gasteiger partial charge in [-0.15, -0.1) is 24.8 Å². The van der Waals surface area contributed by atoms with Gasteiger partial charge in [-0.3, -0.25) is 4.79 Å². The van der Waals surface area contributed by atoms with Crippen molar-refractivity contribution < 1.29 is 4.79 Å². The van der Waals surface area contributed by atoms with E-state index in [0.29, 0.717) is 0 Å². The molecule has 0 saturated carbocycles. The average molecular weight is 360 g/mol. The molecule has 130 valence electrons. The Morgan fingerprint density at radius 2 is 1.83 bits per heavy atom. The number of carbonyl (C=O) groups is 1. The number of hydrogen-bond acceptors (Lipinski definition) is 3. The number of carbonyl (C=O) groups excluding carboxylic acids is 1. The normalized spacial score (nSPS) is 20.9. The first-order valence-electron chi connectivity index (χ1n) is 8.20. The third-order valence-corrected chi connectivity index (χ3v) is 4.53. The molecule has 1 amide bonds. The number of hydrogen-bond donors (Lipinski definition) is 2. The van der Waals surface area contributed by atoms with Gasteiger partial charge >= 0.3 is 0 Å². The van der Waals surface area contributed by atoms with Crippen LogP contribution in [0, 0.1) is 5.92 Å². The maximum absolute atomic E-state index is 12.4. The standard InChI is InChI=1S/C17H25N3O.2ClH/c21-17(14-7-6-10-18-13-14)19-15-8-2-3-9-16(15)20-11-4-1-5-12-20;;/h2-3,8-9,14,18H,1,4-7,10-13H2,(H,19,21);2*1H. The van der Waals surface area contributed by atoms with E-state index >= 15 is 0 Å². The summed E-state index contributed by atoms with van der Waals surface area (Å²) in [5.74, 6) is 0.264. The first kappa shape index (κ1) is 20.1. The summed E-state index contributed by atoms with van der Waals surface area (Å²) >= 11 is 0. The molecule has 0 spiro atoms. The van der Waals surface area contributed by atoms with Crippen LogP contribution >= 0.6 is 24.8 Å². The smallest absolute Gasteiger partial charge is 0.228 e. The number of rotatable bonds is 3. The number of benzene rings is 1. The van der Waals surface area contributed by atoms with Crippen molar-refractivity contribution in [3.8, 4) is 0 Å². The lowest BCUT2D eigenvalue weighted by atomic mass is 9.98. The van der Waals surface area contributed by atoms with Crippen molar-refractivity contribution >= 4 is 42.1 Å². The summed E-state index contributed by atoms with van der Waals surface area (Å²) < 4.78 is 0. The van der Waals surface area contributed by atoms with Crippen molar-refractivity contribution in [2.24, 2.45) is 5.92 Å². The highest BCUT2D eigenvalue weighted by molar-refractivity contribution is 5.96. The number of halogens is 2. The third kappa shape index (κ3) is 5.27. The second-order valence-electron chi connectivity index (χ2n) is 6.10. The summed E-state index contributed by atoms with van der Waals surface area (Å²) in [6, 6.07) is 8.21. The lowest BCUT2D eigenvalue weighted by molar-refractivity contribution is -0.120. The largest absolute Gasteiger partial charge is 0.370 e. The van der Waals surface area contributed by atoms with E-state index in [1.165, 1.54) is 24.9 Å². The van der Waals surface area contributed by atoms with E-state index in [1.807, 2.05) is 12.1 Å². The van der Waals surface area contributed by atoms with Gasteiger partial charge in [0.15, 0.2) is 0 Å². The lowest BCUT2D eigenvalue weighted by Crippen LogP contribution is -2.37. The Bertz CT molecular complexity index is 486. The van der Waals surface area contributed by atoms with E-state index in [2.05, 4.69) is 27.7 Å². The van der Waals surface area contributed by atoms with Gasteiger partial charge in [0.25, 0.3) is 0 Å². The fourth-order valence-corrected chi connectivity index (χ4v) is 3.30. The van der Waals surface area contributed by atoms with Crippen LogP contribution in [-0.2, 0) is 4.79 Å². The topological polar surface area (TPSA) is 44.4 Å². The second-order valence-corrected chi connectivity index (χ2v) is 6.10. The van der Waals surface area contributed by atoms with Crippen molar-refractivity contribution in [2.75, 3.05) is 36.4 Å². The number of amides is 1. The Morgan fingerprint density at radius 1 is 1.09 bits per heavy atom. The molecule has 23 heavy (non-hydrogen) atoms. The minimum atomic E-state index is 0. The van der Waals surface area contributed by atoms with Gasteiger partial charge in [-0.2, -0.15) is 0 Å². The molecule has 0 bridgehead atoms.